The van der Waals surface area contributed by atoms with E-state index in [1.54, 1.807) is 75.4 Å². The average molecular weight is 2080 g/mol. The number of carbonyl (C=O) groups excluding carboxylic acids is 9. The van der Waals surface area contributed by atoms with Crippen molar-refractivity contribution in [3.05, 3.63) is 71.7 Å². The van der Waals surface area contributed by atoms with E-state index in [0.717, 1.165) is 116 Å². The van der Waals surface area contributed by atoms with E-state index >= 15 is 26.3 Å². The van der Waals surface area contributed by atoms with Crippen LogP contribution in [0.4, 0.5) is 26.3 Å². The number of ether oxygens (including phenoxy) is 9. The number of rotatable bonds is 9. The van der Waals surface area contributed by atoms with E-state index in [9.17, 15) is 43.2 Å². The van der Waals surface area contributed by atoms with Crippen LogP contribution < -0.4 is 28.4 Å². The number of alkyl halides is 6. The van der Waals surface area contributed by atoms with Crippen molar-refractivity contribution < 1.29 is 168 Å². The van der Waals surface area contributed by atoms with Gasteiger partial charge in [0.2, 0.25) is 35.4 Å². The largest absolute Gasteiger partial charge is 0.540 e. The van der Waals surface area contributed by atoms with E-state index < -0.39 is 166 Å². The minimum atomic E-state index is -3.35. The number of carbonyl (C=O) groups is 6. The summed E-state index contributed by atoms with van der Waals surface area (Å²) in [5.41, 5.74) is -1.86. The number of aromatic nitrogens is 6. The number of amides is 3. The van der Waals surface area contributed by atoms with Crippen molar-refractivity contribution in [3.63, 3.8) is 0 Å². The van der Waals surface area contributed by atoms with Crippen LogP contribution in [0.3, 0.4) is 0 Å². The second-order valence-corrected chi connectivity index (χ2v) is 42.6. The van der Waals surface area contributed by atoms with Crippen molar-refractivity contribution >= 4 is 87.6 Å². The fourth-order valence-corrected chi connectivity index (χ4v) is 23.9. The van der Waals surface area contributed by atoms with Gasteiger partial charge in [0.15, 0.2) is 17.1 Å². The zero-order valence-electron chi connectivity index (χ0n) is 82.4. The van der Waals surface area contributed by atoms with Crippen LogP contribution in [0, 0.1) is 69.5 Å². The maximum absolute atomic E-state index is 16.1. The van der Waals surface area contributed by atoms with Gasteiger partial charge < -0.3 is 71.7 Å². The van der Waals surface area contributed by atoms with E-state index in [0.29, 0.717) is 85.2 Å². The smallest absolute Gasteiger partial charge is 0.307 e. The summed E-state index contributed by atoms with van der Waals surface area (Å²) in [6, 6.07) is 11.6. The van der Waals surface area contributed by atoms with Crippen LogP contribution in [0.5, 0.6) is 34.9 Å². The normalized spacial score (nSPS) is 31.5. The summed E-state index contributed by atoms with van der Waals surface area (Å²) in [6.07, 6.45) is 23.3. The monoisotopic (exact) mass is 2070 g/mol. The van der Waals surface area contributed by atoms with Crippen molar-refractivity contribution in [1.82, 2.24) is 44.6 Å². The van der Waals surface area contributed by atoms with Crippen LogP contribution >= 0.6 is 0 Å². The molecule has 3 aromatic heterocycles. The van der Waals surface area contributed by atoms with Crippen molar-refractivity contribution in [2.24, 2.45) is 69.5 Å². The van der Waals surface area contributed by atoms with Crippen molar-refractivity contribution in [2.45, 2.75) is 345 Å². The molecule has 6 bridgehead atoms. The zero-order chi connectivity index (χ0) is 98.1. The van der Waals surface area contributed by atoms with Crippen LogP contribution in [0.1, 0.15) is 290 Å². The number of halogens is 6. The summed E-state index contributed by atoms with van der Waals surface area (Å²) >= 11 is 0. The summed E-state index contributed by atoms with van der Waals surface area (Å²) in [7, 11) is 4.50. The molecule has 9 fully saturated rings. The first-order valence-corrected chi connectivity index (χ1v) is 50.3. The van der Waals surface area contributed by atoms with Gasteiger partial charge in [-0.05, 0) is 198 Å². The Morgan fingerprint density at radius 3 is 1.01 bits per heavy atom. The van der Waals surface area contributed by atoms with E-state index in [2.05, 4.69) is 43.8 Å². The topological polar surface area (TPSA) is 324 Å². The molecule has 12 aliphatic rings. The summed E-state index contributed by atoms with van der Waals surface area (Å²) in [5, 5.41) is 0. The minimum absolute atomic E-state index is 0. The van der Waals surface area contributed by atoms with E-state index in [1.165, 1.54) is 36.0 Å². The maximum atomic E-state index is 16.1. The van der Waals surface area contributed by atoms with Gasteiger partial charge in [-0.1, -0.05) is 137 Å². The van der Waals surface area contributed by atoms with Gasteiger partial charge in [-0.25, -0.2) is 48.8 Å². The number of hydrogen-bond donors (Lipinski definition) is 0. The first-order chi connectivity index (χ1) is 65.9. The van der Waals surface area contributed by atoms with Gasteiger partial charge in [0.1, 0.15) is 53.4 Å². The van der Waals surface area contributed by atoms with Gasteiger partial charge in [-0.15, -0.1) is 0 Å². The quantitative estimate of drug-likeness (QED) is 0.0562. The molecule has 765 valence electrons. The van der Waals surface area contributed by atoms with Crippen LogP contribution in [0.25, 0.3) is 33.1 Å². The molecule has 0 N–H and O–H groups in total. The molecule has 3 aromatic carbocycles. The predicted molar refractivity (Wildman–Crippen MR) is 495 cm³/mol. The molecule has 3 saturated heterocycles. The Kier molecular flexibility index (Phi) is 35.6. The second kappa shape index (κ2) is 45.7. The third-order valence-electron chi connectivity index (χ3n) is 33.1. The molecule has 36 heteroatoms. The van der Waals surface area contributed by atoms with Gasteiger partial charge in [0, 0.05) is 99.0 Å². The van der Waals surface area contributed by atoms with Gasteiger partial charge in [0.25, 0.3) is 17.8 Å². The molecule has 18 atom stereocenters. The molecular weight excluding hydrogens is 1940 g/mol. The van der Waals surface area contributed by atoms with Crippen LogP contribution in [-0.4, -0.2) is 194 Å². The molecule has 27 nitrogen and oxygen atoms in total. The predicted octanol–water partition coefficient (Wildman–Crippen LogP) is 18.9. The van der Waals surface area contributed by atoms with Gasteiger partial charge in [-0.3, -0.25) is 28.8 Å². The Hall–Kier alpha value is -8.36. The Labute approximate surface area is 856 Å². The molecule has 3 radical (unpaired) electrons. The number of nitrogens with zero attached hydrogens (tertiary/aromatic N) is 9. The van der Waals surface area contributed by atoms with Crippen LogP contribution in [0.2, 0.25) is 0 Å². The standard InChI is InChI=1S/C36H46F2N3O6.C35H44F2N3O6.C34H42F2N3O6.3V/c1-22-28(21-42)41-20-30(22)47-33-32(39-26-14-13-24(45-3)18-27(26)40-33)36(37,38)17-8-5-10-23-11-9-12-29(23)46-31(43)19-25(34(41)44)35(2)15-6-4-7-16-35;1-21-27(20-41)40-19-28(21)45-31-30(38-25-12-11-23(44-4)16-26(25)39-31)35(36,37)15-9-6-10-22-18-34(22,3)46-29(42)17-24(32(40)43)33(2)13-7-5-8-14-33;1-20-26(19-40)39-18-28(20)45-31-30(37-24-11-10-22(43-3)16-25(24)38-31)34(35,36)14-8-5-9-21-15-27(21)44-29(41)17-23(32(39)42)33(2)12-6-4-7-13-33;;;/h13-14,18,22-23,25,28-30H,4-12,15-17,19-20H2,1-3H3;11-12,16,21-22,24,27-28H,5-10,13-15,17-19H2,1-4H3;10-11,16,20-21,23,26-28H,4-9,12-15,17-18H2,1-3H3;;;/q3*-1;;;/t22-,23+,25+,28+,29+,30-;21-,22+,24+,27+,28-,34+;20-,21+,23+,26+,27+,28-;;;/m000.../s1. The zero-order valence-corrected chi connectivity index (χ0v) is 86.6. The fourth-order valence-electron chi connectivity index (χ4n) is 23.9. The molecule has 3 amide bonds. The molecule has 0 unspecified atom stereocenters. The fraction of sp³-hybridized carbons (Fsp3) is 0.686. The molecule has 9 heterocycles. The Balaban J connectivity index is 0.000000176. The average Bonchev–Trinajstić information content (AvgIpc) is 1.64. The number of benzene rings is 3. The molecule has 6 aliphatic heterocycles. The maximum Gasteiger partial charge on any atom is 0.307 e. The molecule has 6 aromatic rings. The van der Waals surface area contributed by atoms with Crippen molar-refractivity contribution in [2.75, 3.05) is 41.0 Å². The van der Waals surface area contributed by atoms with Gasteiger partial charge in [-0.2, -0.15) is 26.3 Å². The van der Waals surface area contributed by atoms with Crippen LogP contribution in [-0.2, 0) is 131 Å². The molecule has 141 heavy (non-hydrogen) atoms. The van der Waals surface area contributed by atoms with Gasteiger partial charge in [0.05, 0.1) is 111 Å². The molecule has 0 spiro atoms. The first-order valence-electron chi connectivity index (χ1n) is 50.3. The number of fused-ring (bicyclic) bond motifs is 15. The van der Waals surface area contributed by atoms with Crippen molar-refractivity contribution in [3.8, 4) is 34.9 Å². The van der Waals surface area contributed by atoms with Crippen LogP contribution in [0.15, 0.2) is 54.6 Å². The Morgan fingerprint density at radius 1 is 0.355 bits per heavy atom. The Morgan fingerprint density at radius 2 is 0.667 bits per heavy atom. The van der Waals surface area contributed by atoms with Crippen molar-refractivity contribution in [1.29, 1.82) is 0 Å². The number of hydrogen-bond acceptors (Lipinski definition) is 24. The third kappa shape index (κ3) is 24.2. The first kappa shape index (κ1) is 110. The molecule has 6 aliphatic carbocycles. The Bertz CT molecular complexity index is 5480. The minimum Gasteiger partial charge on any atom is -0.540 e. The molecule has 6 saturated carbocycles. The van der Waals surface area contributed by atoms with Gasteiger partial charge >= 0.3 is 17.9 Å². The summed E-state index contributed by atoms with van der Waals surface area (Å²) < 4.78 is 148. The third-order valence-corrected chi connectivity index (χ3v) is 33.1. The summed E-state index contributed by atoms with van der Waals surface area (Å²) in [4.78, 5) is 152. The summed E-state index contributed by atoms with van der Waals surface area (Å²) in [6.45, 7) is 13.2. The van der Waals surface area contributed by atoms with E-state index in [-0.39, 0.29) is 196 Å². The number of methoxy groups -OCH3 is 3. The molecular formula is C105H132F6N9O18V3-3. The van der Waals surface area contributed by atoms with E-state index in [1.807, 2.05) is 32.7 Å². The second-order valence-electron chi connectivity index (χ2n) is 42.6. The van der Waals surface area contributed by atoms with E-state index in [4.69, 9.17) is 42.6 Å². The number of esters is 3. The SMILES string of the molecule is COc1ccc2nc3c(nc2c1)O[C@H]1CN(C(=O)[C@H](C2(C)CCCCC2)CC(=O)O[C@@H]2CCC[C@H]2CCCCC3(F)F)[C@H]([C-]=O)[C@@H]1C.COc1ccc2nc3c(nc2c1)O[C@H]1CN(C(=O)[C@H](C2(C)CCCCC2)CC(=O)O[C@@H]2C[C@H]2CCCCC3(F)F)[C@H]([C-]=O)[C@@H]1C.COc1ccc2nc3c(nc2c1)O[C@H]1CN(C(=O)[C@H](C2(C)CCCCC2)CC(=O)O[C@]2(C)C[C@H]2CCCCC3(F)F)[C@H]([C-]=O)[C@@H]1C.[V].[V].[V]. The molecule has 18 rings (SSSR count). The summed E-state index contributed by atoms with van der Waals surface area (Å²) in [5.74, 6) is -15.3.